The molecule has 0 saturated heterocycles. The average Bonchev–Trinajstić information content (AvgIpc) is 3.11. The first kappa shape index (κ1) is 19.5. The number of aliphatic imine (C=N–C) groups is 1. The van der Waals surface area contributed by atoms with Crippen LogP contribution in [0, 0.1) is 5.92 Å². The highest BCUT2D eigenvalue weighted by Crippen LogP contribution is 2.46. The predicted octanol–water partition coefficient (Wildman–Crippen LogP) is 2.76. The summed E-state index contributed by atoms with van der Waals surface area (Å²) in [4.78, 5) is 16.0. The molecule has 0 aromatic heterocycles. The topological polar surface area (TPSA) is 74.8 Å². The molecule has 1 heterocycles. The van der Waals surface area contributed by atoms with E-state index in [4.69, 9.17) is 4.74 Å². The standard InChI is InChI=1S/C21H32N4O2/c1-15(2)19(26)23-12-13-24-20(22-3)25-17-14-21(10-6-7-11-21)27-18-9-5-4-8-16(17)18/h4-5,8-9,15,17H,6-7,10-14H2,1-3H3,(H,23,26)(H2,22,24,25). The Hall–Kier alpha value is -2.24. The summed E-state index contributed by atoms with van der Waals surface area (Å²) < 4.78 is 6.43. The van der Waals surface area contributed by atoms with Gasteiger partial charge in [-0.25, -0.2) is 0 Å². The molecule has 1 aromatic rings. The first-order chi connectivity index (χ1) is 13.0. The van der Waals surface area contributed by atoms with Crippen molar-refractivity contribution in [1.29, 1.82) is 0 Å². The number of carbonyl (C=O) groups is 1. The molecule has 3 rings (SSSR count). The molecule has 1 aliphatic carbocycles. The van der Waals surface area contributed by atoms with E-state index in [-0.39, 0.29) is 23.5 Å². The summed E-state index contributed by atoms with van der Waals surface area (Å²) in [6.45, 7) is 5.00. The van der Waals surface area contributed by atoms with Crippen LogP contribution < -0.4 is 20.7 Å². The Morgan fingerprint density at radius 3 is 2.63 bits per heavy atom. The average molecular weight is 373 g/mol. The lowest BCUT2D eigenvalue weighted by molar-refractivity contribution is -0.123. The van der Waals surface area contributed by atoms with Gasteiger partial charge in [-0.15, -0.1) is 0 Å². The van der Waals surface area contributed by atoms with E-state index in [1.165, 1.54) is 18.4 Å². The first-order valence-electron chi connectivity index (χ1n) is 10.1. The van der Waals surface area contributed by atoms with Crippen molar-refractivity contribution < 1.29 is 9.53 Å². The minimum atomic E-state index is -0.0455. The maximum absolute atomic E-state index is 11.7. The molecule has 0 radical (unpaired) electrons. The molecule has 1 aromatic carbocycles. The smallest absolute Gasteiger partial charge is 0.222 e. The van der Waals surface area contributed by atoms with Gasteiger partial charge < -0.3 is 20.7 Å². The van der Waals surface area contributed by atoms with Gasteiger partial charge in [-0.1, -0.05) is 32.0 Å². The fourth-order valence-electron chi connectivity index (χ4n) is 4.00. The lowest BCUT2D eigenvalue weighted by atomic mass is 9.86. The van der Waals surface area contributed by atoms with Crippen LogP contribution in [0.1, 0.15) is 57.6 Å². The molecule has 1 atom stereocenters. The molecule has 2 aliphatic rings. The van der Waals surface area contributed by atoms with E-state index in [1.54, 1.807) is 7.05 Å². The number of nitrogens with one attached hydrogen (secondary N) is 3. The Morgan fingerprint density at radius 1 is 1.22 bits per heavy atom. The Kier molecular flexibility index (Phi) is 6.24. The quantitative estimate of drug-likeness (QED) is 0.422. The van der Waals surface area contributed by atoms with E-state index in [2.05, 4.69) is 39.1 Å². The third kappa shape index (κ3) is 4.73. The third-order valence-electron chi connectivity index (χ3n) is 5.49. The van der Waals surface area contributed by atoms with Crippen molar-refractivity contribution in [1.82, 2.24) is 16.0 Å². The summed E-state index contributed by atoms with van der Waals surface area (Å²) in [5.74, 6) is 1.82. The molecule has 27 heavy (non-hydrogen) atoms. The fourth-order valence-corrected chi connectivity index (χ4v) is 4.00. The van der Waals surface area contributed by atoms with E-state index in [9.17, 15) is 4.79 Å². The van der Waals surface area contributed by atoms with Crippen LogP contribution in [0.4, 0.5) is 0 Å². The number of fused-ring (bicyclic) bond motifs is 1. The number of para-hydroxylation sites is 1. The molecule has 1 aliphatic heterocycles. The third-order valence-corrected chi connectivity index (χ3v) is 5.49. The van der Waals surface area contributed by atoms with Crippen molar-refractivity contribution in [3.8, 4) is 5.75 Å². The molecule has 1 fully saturated rings. The van der Waals surface area contributed by atoms with E-state index in [1.807, 2.05) is 19.9 Å². The second kappa shape index (κ2) is 8.63. The second-order valence-electron chi connectivity index (χ2n) is 7.88. The van der Waals surface area contributed by atoms with Gasteiger partial charge in [-0.3, -0.25) is 9.79 Å². The van der Waals surface area contributed by atoms with Crippen LogP contribution in [-0.2, 0) is 4.79 Å². The molecule has 6 heteroatoms. The van der Waals surface area contributed by atoms with Crippen LogP contribution in [0.25, 0.3) is 0 Å². The highest BCUT2D eigenvalue weighted by atomic mass is 16.5. The summed E-state index contributed by atoms with van der Waals surface area (Å²) >= 11 is 0. The molecule has 6 nitrogen and oxygen atoms in total. The van der Waals surface area contributed by atoms with Crippen molar-refractivity contribution in [2.24, 2.45) is 10.9 Å². The Balaban J connectivity index is 1.61. The largest absolute Gasteiger partial charge is 0.487 e. The lowest BCUT2D eigenvalue weighted by Crippen LogP contribution is -2.47. The Bertz CT molecular complexity index is 681. The van der Waals surface area contributed by atoms with Gasteiger partial charge in [0.15, 0.2) is 5.96 Å². The highest BCUT2D eigenvalue weighted by Gasteiger charge is 2.43. The minimum Gasteiger partial charge on any atom is -0.487 e. The minimum absolute atomic E-state index is 0.00350. The molecule has 1 unspecified atom stereocenters. The van der Waals surface area contributed by atoms with Gasteiger partial charge in [0.2, 0.25) is 5.91 Å². The summed E-state index contributed by atoms with van der Waals surface area (Å²) in [7, 11) is 1.78. The van der Waals surface area contributed by atoms with Gasteiger partial charge in [-0.2, -0.15) is 0 Å². The van der Waals surface area contributed by atoms with E-state index < -0.39 is 0 Å². The summed E-state index contributed by atoms with van der Waals surface area (Å²) in [5.41, 5.74) is 1.14. The lowest BCUT2D eigenvalue weighted by Gasteiger charge is -2.40. The number of ether oxygens (including phenoxy) is 1. The van der Waals surface area contributed by atoms with Crippen LogP contribution in [0.3, 0.4) is 0 Å². The van der Waals surface area contributed by atoms with E-state index >= 15 is 0 Å². The molecule has 3 N–H and O–H groups in total. The van der Waals surface area contributed by atoms with Crippen molar-refractivity contribution in [3.05, 3.63) is 29.8 Å². The molecule has 148 valence electrons. The second-order valence-corrected chi connectivity index (χ2v) is 7.88. The van der Waals surface area contributed by atoms with E-state index in [0.717, 1.165) is 31.0 Å². The summed E-state index contributed by atoms with van der Waals surface area (Å²) in [6, 6.07) is 8.46. The zero-order valence-corrected chi connectivity index (χ0v) is 16.7. The van der Waals surface area contributed by atoms with Crippen LogP contribution >= 0.6 is 0 Å². The fraction of sp³-hybridized carbons (Fsp3) is 0.619. The maximum Gasteiger partial charge on any atom is 0.222 e. The molecule has 1 amide bonds. The maximum atomic E-state index is 11.7. The Labute approximate surface area is 162 Å². The number of amides is 1. The number of carbonyl (C=O) groups excluding carboxylic acids is 1. The summed E-state index contributed by atoms with van der Waals surface area (Å²) in [5, 5.41) is 9.79. The number of benzene rings is 1. The number of rotatable bonds is 5. The van der Waals surface area contributed by atoms with Crippen LogP contribution in [0.15, 0.2) is 29.3 Å². The van der Waals surface area contributed by atoms with Gasteiger partial charge in [0, 0.05) is 38.0 Å². The highest BCUT2D eigenvalue weighted by molar-refractivity contribution is 5.80. The monoisotopic (exact) mass is 372 g/mol. The Morgan fingerprint density at radius 2 is 1.93 bits per heavy atom. The van der Waals surface area contributed by atoms with Crippen LogP contribution in [-0.4, -0.2) is 37.6 Å². The van der Waals surface area contributed by atoms with Crippen molar-refractivity contribution in [2.45, 2.75) is 57.6 Å². The number of hydrogen-bond acceptors (Lipinski definition) is 3. The number of guanidine groups is 1. The van der Waals surface area contributed by atoms with Crippen LogP contribution in [0.5, 0.6) is 5.75 Å². The van der Waals surface area contributed by atoms with Gasteiger partial charge in [0.25, 0.3) is 0 Å². The molecule has 1 saturated carbocycles. The van der Waals surface area contributed by atoms with Gasteiger partial charge in [0.05, 0.1) is 6.04 Å². The number of hydrogen-bond donors (Lipinski definition) is 3. The van der Waals surface area contributed by atoms with Crippen LogP contribution in [0.2, 0.25) is 0 Å². The van der Waals surface area contributed by atoms with Crippen molar-refractivity contribution in [2.75, 3.05) is 20.1 Å². The van der Waals surface area contributed by atoms with Crippen molar-refractivity contribution >= 4 is 11.9 Å². The zero-order chi connectivity index (χ0) is 19.3. The van der Waals surface area contributed by atoms with Gasteiger partial charge in [-0.05, 0) is 31.7 Å². The molecule has 1 spiro atoms. The molecular formula is C21H32N4O2. The zero-order valence-electron chi connectivity index (χ0n) is 16.7. The van der Waals surface area contributed by atoms with E-state index in [0.29, 0.717) is 13.1 Å². The predicted molar refractivity (Wildman–Crippen MR) is 108 cm³/mol. The first-order valence-corrected chi connectivity index (χ1v) is 10.1. The number of nitrogens with zero attached hydrogens (tertiary/aromatic N) is 1. The normalized spacial score (nSPS) is 20.9. The molecular weight excluding hydrogens is 340 g/mol. The van der Waals surface area contributed by atoms with Crippen molar-refractivity contribution in [3.63, 3.8) is 0 Å². The molecule has 0 bridgehead atoms. The van der Waals surface area contributed by atoms with Gasteiger partial charge in [0.1, 0.15) is 11.4 Å². The SMILES string of the molecule is CN=C(NCCNC(=O)C(C)C)NC1CC2(CCCC2)Oc2ccccc21. The summed E-state index contributed by atoms with van der Waals surface area (Å²) in [6.07, 6.45) is 5.66. The van der Waals surface area contributed by atoms with Gasteiger partial charge >= 0.3 is 0 Å².